The highest BCUT2D eigenvalue weighted by molar-refractivity contribution is 5.83. The lowest BCUT2D eigenvalue weighted by Gasteiger charge is -2.43. The lowest BCUT2D eigenvalue weighted by molar-refractivity contribution is -0.144. The number of nitrogens with zero attached hydrogens (tertiary/aromatic N) is 2. The predicted molar refractivity (Wildman–Crippen MR) is 81.2 cm³/mol. The van der Waals surface area contributed by atoms with Crippen molar-refractivity contribution in [1.29, 1.82) is 0 Å². The van der Waals surface area contributed by atoms with Gasteiger partial charge in [-0.05, 0) is 44.4 Å². The molecule has 120 valence electrons. The molecule has 0 bridgehead atoms. The second-order valence-corrected chi connectivity index (χ2v) is 6.38. The fourth-order valence-electron chi connectivity index (χ4n) is 3.71. The molecule has 0 aliphatic carbocycles. The summed E-state index contributed by atoms with van der Waals surface area (Å²) in [6, 6.07) is -0.413. The summed E-state index contributed by atoms with van der Waals surface area (Å²) in [6.07, 6.45) is 6.72. The van der Waals surface area contributed by atoms with E-state index in [1.165, 1.54) is 6.42 Å². The van der Waals surface area contributed by atoms with E-state index in [-0.39, 0.29) is 12.1 Å². The van der Waals surface area contributed by atoms with Crippen LogP contribution in [0.3, 0.4) is 0 Å². The molecule has 5 nitrogen and oxygen atoms in total. The number of carbonyl (C=O) groups excluding carboxylic acids is 1. The zero-order valence-corrected chi connectivity index (χ0v) is 13.3. The zero-order chi connectivity index (χ0) is 15.4. The van der Waals surface area contributed by atoms with Gasteiger partial charge < -0.3 is 14.9 Å². The maximum absolute atomic E-state index is 12.8. The lowest BCUT2D eigenvalue weighted by Crippen LogP contribution is -2.57. The Morgan fingerprint density at radius 3 is 2.43 bits per heavy atom. The average Bonchev–Trinajstić information content (AvgIpc) is 2.53. The summed E-state index contributed by atoms with van der Waals surface area (Å²) in [7, 11) is 0. The van der Waals surface area contributed by atoms with Crippen LogP contribution in [0.1, 0.15) is 58.8 Å². The minimum atomic E-state index is -0.855. The van der Waals surface area contributed by atoms with Gasteiger partial charge >= 0.3 is 12.0 Å². The van der Waals surface area contributed by atoms with Crippen LogP contribution in [0.4, 0.5) is 4.79 Å². The molecule has 0 spiro atoms. The number of likely N-dealkylation sites (tertiary alicyclic amines) is 2. The second-order valence-electron chi connectivity index (χ2n) is 6.38. The fraction of sp³-hybridized carbons (Fsp3) is 0.875. The Hall–Kier alpha value is -1.26. The number of urea groups is 1. The van der Waals surface area contributed by atoms with Crippen molar-refractivity contribution in [2.45, 2.75) is 70.9 Å². The molecule has 0 aromatic heterocycles. The summed E-state index contributed by atoms with van der Waals surface area (Å²) in [6.45, 7) is 5.56. The highest BCUT2D eigenvalue weighted by atomic mass is 16.4. The molecule has 21 heavy (non-hydrogen) atoms. The van der Waals surface area contributed by atoms with Crippen molar-refractivity contribution in [3.63, 3.8) is 0 Å². The Morgan fingerprint density at radius 1 is 1.05 bits per heavy atom. The molecule has 2 heterocycles. The molecule has 2 aliphatic rings. The maximum Gasteiger partial charge on any atom is 0.326 e. The summed E-state index contributed by atoms with van der Waals surface area (Å²) < 4.78 is 0. The van der Waals surface area contributed by atoms with Crippen molar-refractivity contribution in [3.8, 4) is 0 Å². The van der Waals surface area contributed by atoms with Crippen molar-refractivity contribution in [2.75, 3.05) is 13.1 Å². The fourth-order valence-corrected chi connectivity index (χ4v) is 3.71. The Labute approximate surface area is 127 Å². The number of carbonyl (C=O) groups is 2. The average molecular weight is 296 g/mol. The van der Waals surface area contributed by atoms with Gasteiger partial charge in [-0.15, -0.1) is 0 Å². The summed E-state index contributed by atoms with van der Waals surface area (Å²) in [5.41, 5.74) is 0. The Morgan fingerprint density at radius 2 is 1.81 bits per heavy atom. The van der Waals surface area contributed by atoms with Crippen molar-refractivity contribution in [1.82, 2.24) is 9.80 Å². The number of hydrogen-bond donors (Lipinski definition) is 1. The molecule has 3 unspecified atom stereocenters. The first-order chi connectivity index (χ1) is 10.1. The highest BCUT2D eigenvalue weighted by Gasteiger charge is 2.39. The maximum atomic E-state index is 12.8. The van der Waals surface area contributed by atoms with Gasteiger partial charge in [-0.2, -0.15) is 0 Å². The van der Waals surface area contributed by atoms with Gasteiger partial charge in [-0.3, -0.25) is 0 Å². The lowest BCUT2D eigenvalue weighted by atomic mass is 9.89. The molecular weight excluding hydrogens is 268 g/mol. The van der Waals surface area contributed by atoms with E-state index in [0.717, 1.165) is 38.6 Å². The van der Waals surface area contributed by atoms with E-state index < -0.39 is 12.0 Å². The molecule has 2 rings (SSSR count). The van der Waals surface area contributed by atoms with E-state index in [0.29, 0.717) is 18.9 Å². The van der Waals surface area contributed by atoms with E-state index in [4.69, 9.17) is 0 Å². The third-order valence-corrected chi connectivity index (χ3v) is 5.16. The van der Waals surface area contributed by atoms with E-state index in [1.54, 1.807) is 4.90 Å². The molecule has 2 fully saturated rings. The zero-order valence-electron chi connectivity index (χ0n) is 13.3. The number of hydrogen-bond acceptors (Lipinski definition) is 2. The van der Waals surface area contributed by atoms with Crippen LogP contribution >= 0.6 is 0 Å². The minimum Gasteiger partial charge on any atom is -0.480 e. The Kier molecular flexibility index (Phi) is 5.48. The van der Waals surface area contributed by atoms with Crippen molar-refractivity contribution >= 4 is 12.0 Å². The summed E-state index contributed by atoms with van der Waals surface area (Å²) in [4.78, 5) is 27.9. The largest absolute Gasteiger partial charge is 0.480 e. The first kappa shape index (κ1) is 16.1. The second kappa shape index (κ2) is 7.14. The SMILES string of the molecule is CCC1CCN(C(=O)N2CCCCC2CC)C(C(=O)O)C1. The van der Waals surface area contributed by atoms with Crippen molar-refractivity contribution in [2.24, 2.45) is 5.92 Å². The minimum absolute atomic E-state index is 0.0523. The van der Waals surface area contributed by atoms with Crippen LogP contribution in [-0.4, -0.2) is 52.1 Å². The summed E-state index contributed by atoms with van der Waals surface area (Å²) >= 11 is 0. The molecule has 0 saturated carbocycles. The van der Waals surface area contributed by atoms with Gasteiger partial charge in [-0.25, -0.2) is 9.59 Å². The summed E-state index contributed by atoms with van der Waals surface area (Å²) in [5.74, 6) is -0.426. The molecule has 5 heteroatoms. The van der Waals surface area contributed by atoms with Gasteiger partial charge in [0.2, 0.25) is 0 Å². The smallest absolute Gasteiger partial charge is 0.326 e. The van der Waals surface area contributed by atoms with E-state index in [9.17, 15) is 14.7 Å². The molecule has 1 N–H and O–H groups in total. The van der Waals surface area contributed by atoms with Crippen molar-refractivity contribution < 1.29 is 14.7 Å². The number of aliphatic carboxylic acids is 1. The van der Waals surface area contributed by atoms with Crippen molar-refractivity contribution in [3.05, 3.63) is 0 Å². The van der Waals surface area contributed by atoms with Crippen LogP contribution in [0.15, 0.2) is 0 Å². The Balaban J connectivity index is 2.10. The molecule has 2 amide bonds. The first-order valence-corrected chi connectivity index (χ1v) is 8.38. The summed E-state index contributed by atoms with van der Waals surface area (Å²) in [5, 5.41) is 9.48. The van der Waals surface area contributed by atoms with Gasteiger partial charge in [0.25, 0.3) is 0 Å². The predicted octanol–water partition coefficient (Wildman–Crippen LogP) is 2.95. The van der Waals surface area contributed by atoms with E-state index in [2.05, 4.69) is 13.8 Å². The molecular formula is C16H28N2O3. The van der Waals surface area contributed by atoms with Gasteiger partial charge in [0.15, 0.2) is 0 Å². The van der Waals surface area contributed by atoms with E-state index >= 15 is 0 Å². The standard InChI is InChI=1S/C16H28N2O3/c1-3-12-8-10-18(14(11-12)15(19)20)16(21)17-9-6-5-7-13(17)4-2/h12-14H,3-11H2,1-2H3,(H,19,20). The highest BCUT2D eigenvalue weighted by Crippen LogP contribution is 2.28. The van der Waals surface area contributed by atoms with Gasteiger partial charge in [0.1, 0.15) is 6.04 Å². The van der Waals surface area contributed by atoms with Crippen LogP contribution in [-0.2, 0) is 4.79 Å². The third kappa shape index (κ3) is 3.50. The molecule has 2 saturated heterocycles. The number of rotatable bonds is 3. The molecule has 0 aromatic rings. The van der Waals surface area contributed by atoms with E-state index in [1.807, 2.05) is 4.90 Å². The number of carboxylic acids is 1. The van der Waals surface area contributed by atoms with Crippen LogP contribution in [0, 0.1) is 5.92 Å². The van der Waals surface area contributed by atoms with Gasteiger partial charge in [0, 0.05) is 19.1 Å². The normalized spacial score (nSPS) is 30.3. The monoisotopic (exact) mass is 296 g/mol. The van der Waals surface area contributed by atoms with Gasteiger partial charge in [0.05, 0.1) is 0 Å². The quantitative estimate of drug-likeness (QED) is 0.871. The van der Waals surface area contributed by atoms with Gasteiger partial charge in [-0.1, -0.05) is 20.3 Å². The van der Waals surface area contributed by atoms with Crippen LogP contribution in [0.2, 0.25) is 0 Å². The third-order valence-electron chi connectivity index (χ3n) is 5.16. The van der Waals surface area contributed by atoms with Crippen LogP contribution in [0.5, 0.6) is 0 Å². The van der Waals surface area contributed by atoms with Crippen LogP contribution in [0.25, 0.3) is 0 Å². The topological polar surface area (TPSA) is 60.9 Å². The number of piperidine rings is 2. The number of amides is 2. The Bertz CT molecular complexity index is 386. The molecule has 0 aromatic carbocycles. The number of carboxylic acid groups (broad SMARTS) is 1. The molecule has 3 atom stereocenters. The van der Waals surface area contributed by atoms with Crippen LogP contribution < -0.4 is 0 Å². The molecule has 2 aliphatic heterocycles. The first-order valence-electron chi connectivity index (χ1n) is 8.38. The molecule has 0 radical (unpaired) electrons.